The molecule has 0 atom stereocenters. The largest absolute Gasteiger partial charge is 0.395 e. The molecule has 0 amide bonds. The zero-order valence-corrected chi connectivity index (χ0v) is 14.0. The summed E-state index contributed by atoms with van der Waals surface area (Å²) >= 11 is 0. The predicted octanol–water partition coefficient (Wildman–Crippen LogP) is 0.301. The van der Waals surface area contributed by atoms with E-state index in [4.69, 9.17) is 5.11 Å². The minimum Gasteiger partial charge on any atom is -0.395 e. The van der Waals surface area contributed by atoms with Gasteiger partial charge >= 0.3 is 0 Å². The Kier molecular flexibility index (Phi) is 5.10. The maximum absolute atomic E-state index is 11.7. The molecule has 0 unspecified atom stereocenters. The zero-order valence-electron chi connectivity index (χ0n) is 13.2. The van der Waals surface area contributed by atoms with E-state index in [1.54, 1.807) is 0 Å². The van der Waals surface area contributed by atoms with Crippen LogP contribution in [0.4, 0.5) is 5.82 Å². The highest BCUT2D eigenvalue weighted by Crippen LogP contribution is 2.22. The first-order valence-electron chi connectivity index (χ1n) is 7.53. The molecule has 0 saturated heterocycles. The standard InChI is InChI=1S/C15H16N6O3S/c22-6-8-25(23,24)7-5-17-13-11-3-1-2-4-12(11)20-15(21-13)14-18-9-16-10-19-14/h1-4,9-10,22H,5-8H2,(H,17,20,21). The average molecular weight is 360 g/mol. The van der Waals surface area contributed by atoms with Crippen LogP contribution in [0.25, 0.3) is 22.6 Å². The highest BCUT2D eigenvalue weighted by atomic mass is 32.2. The summed E-state index contributed by atoms with van der Waals surface area (Å²) in [6.07, 6.45) is 2.71. The molecule has 3 rings (SSSR count). The molecule has 0 aliphatic carbocycles. The van der Waals surface area contributed by atoms with Crippen molar-refractivity contribution in [2.45, 2.75) is 0 Å². The Morgan fingerprint density at radius 1 is 1.00 bits per heavy atom. The molecule has 3 aromatic rings. The van der Waals surface area contributed by atoms with E-state index in [-0.39, 0.29) is 24.7 Å². The molecule has 0 saturated carbocycles. The molecular formula is C15H16N6O3S. The fourth-order valence-electron chi connectivity index (χ4n) is 2.23. The predicted molar refractivity (Wildman–Crippen MR) is 92.6 cm³/mol. The van der Waals surface area contributed by atoms with Crippen molar-refractivity contribution in [2.75, 3.05) is 30.0 Å². The number of anilines is 1. The third kappa shape index (κ3) is 4.22. The van der Waals surface area contributed by atoms with Gasteiger partial charge in [0.2, 0.25) is 5.82 Å². The van der Waals surface area contributed by atoms with Crippen LogP contribution in [0, 0.1) is 0 Å². The lowest BCUT2D eigenvalue weighted by molar-refractivity contribution is 0.319. The van der Waals surface area contributed by atoms with Gasteiger partial charge in [0, 0.05) is 11.9 Å². The fraction of sp³-hybridized carbons (Fsp3) is 0.267. The van der Waals surface area contributed by atoms with Crippen LogP contribution < -0.4 is 5.32 Å². The topological polar surface area (TPSA) is 131 Å². The summed E-state index contributed by atoms with van der Waals surface area (Å²) < 4.78 is 23.4. The maximum atomic E-state index is 11.7. The average Bonchev–Trinajstić information content (AvgIpc) is 2.62. The molecule has 0 aliphatic heterocycles. The molecule has 1 aromatic carbocycles. The Labute approximate surface area is 144 Å². The molecule has 0 aliphatic rings. The molecule has 2 N–H and O–H groups in total. The summed E-state index contributed by atoms with van der Waals surface area (Å²) in [4.78, 5) is 20.7. The number of para-hydroxylation sites is 1. The highest BCUT2D eigenvalue weighted by Gasteiger charge is 2.13. The van der Waals surface area contributed by atoms with Gasteiger partial charge in [-0.25, -0.2) is 33.3 Å². The van der Waals surface area contributed by atoms with E-state index >= 15 is 0 Å². The lowest BCUT2D eigenvalue weighted by Gasteiger charge is -2.10. The number of hydrogen-bond acceptors (Lipinski definition) is 9. The van der Waals surface area contributed by atoms with Gasteiger partial charge in [-0.05, 0) is 12.1 Å². The Hall–Kier alpha value is -2.72. The van der Waals surface area contributed by atoms with Crippen molar-refractivity contribution in [2.24, 2.45) is 0 Å². The van der Waals surface area contributed by atoms with Crippen molar-refractivity contribution >= 4 is 26.6 Å². The Morgan fingerprint density at radius 3 is 2.52 bits per heavy atom. The fourth-order valence-corrected chi connectivity index (χ4v) is 3.13. The van der Waals surface area contributed by atoms with Crippen molar-refractivity contribution < 1.29 is 13.5 Å². The molecule has 0 fully saturated rings. The third-order valence-electron chi connectivity index (χ3n) is 3.40. The van der Waals surface area contributed by atoms with Crippen LogP contribution in [0.2, 0.25) is 0 Å². The van der Waals surface area contributed by atoms with Crippen LogP contribution in [0.3, 0.4) is 0 Å². The van der Waals surface area contributed by atoms with Crippen LogP contribution in [0.1, 0.15) is 0 Å². The Bertz CT molecular complexity index is 965. The summed E-state index contributed by atoms with van der Waals surface area (Å²) in [5.41, 5.74) is 0.689. The summed E-state index contributed by atoms with van der Waals surface area (Å²) in [6.45, 7) is -0.220. The van der Waals surface area contributed by atoms with Crippen LogP contribution >= 0.6 is 0 Å². The second-order valence-corrected chi connectivity index (χ2v) is 7.48. The first-order chi connectivity index (χ1) is 12.1. The number of hydrogen-bond donors (Lipinski definition) is 2. The molecule has 0 spiro atoms. The number of sulfone groups is 1. The Balaban J connectivity index is 1.91. The number of rotatable bonds is 7. The van der Waals surface area contributed by atoms with Gasteiger partial charge in [-0.3, -0.25) is 0 Å². The molecular weight excluding hydrogens is 344 g/mol. The monoisotopic (exact) mass is 360 g/mol. The van der Waals surface area contributed by atoms with Crippen LogP contribution in [-0.4, -0.2) is 63.1 Å². The second-order valence-electron chi connectivity index (χ2n) is 5.18. The van der Waals surface area contributed by atoms with E-state index in [0.717, 1.165) is 5.39 Å². The van der Waals surface area contributed by atoms with Crippen molar-refractivity contribution in [1.29, 1.82) is 0 Å². The van der Waals surface area contributed by atoms with Gasteiger partial charge < -0.3 is 10.4 Å². The van der Waals surface area contributed by atoms with E-state index in [1.807, 2.05) is 24.3 Å². The molecule has 2 heterocycles. The van der Waals surface area contributed by atoms with E-state index in [9.17, 15) is 8.42 Å². The molecule has 9 nitrogen and oxygen atoms in total. The number of nitrogens with zero attached hydrogens (tertiary/aromatic N) is 5. The summed E-state index contributed by atoms with van der Waals surface area (Å²) in [6, 6.07) is 7.37. The quantitative estimate of drug-likeness (QED) is 0.610. The normalized spacial score (nSPS) is 11.6. The van der Waals surface area contributed by atoms with E-state index in [2.05, 4.69) is 30.2 Å². The van der Waals surface area contributed by atoms with Crippen molar-refractivity contribution in [3.8, 4) is 11.6 Å². The number of aliphatic hydroxyl groups excluding tert-OH is 1. The highest BCUT2D eigenvalue weighted by molar-refractivity contribution is 7.91. The zero-order chi connectivity index (χ0) is 17.7. The van der Waals surface area contributed by atoms with Crippen LogP contribution in [0.5, 0.6) is 0 Å². The minimum absolute atomic E-state index is 0.104. The first-order valence-corrected chi connectivity index (χ1v) is 9.35. The summed E-state index contributed by atoms with van der Waals surface area (Å²) in [5, 5.41) is 12.6. The number of nitrogens with one attached hydrogen (secondary N) is 1. The summed E-state index contributed by atoms with van der Waals surface area (Å²) in [5.74, 6) is 0.793. The number of aliphatic hydroxyl groups is 1. The van der Waals surface area contributed by atoms with Crippen molar-refractivity contribution in [3.05, 3.63) is 36.9 Å². The third-order valence-corrected chi connectivity index (χ3v) is 5.04. The van der Waals surface area contributed by atoms with E-state index in [0.29, 0.717) is 23.0 Å². The van der Waals surface area contributed by atoms with Crippen molar-refractivity contribution in [1.82, 2.24) is 24.9 Å². The van der Waals surface area contributed by atoms with Gasteiger partial charge in [0.05, 0.1) is 23.6 Å². The van der Waals surface area contributed by atoms with Gasteiger partial charge in [0.1, 0.15) is 18.5 Å². The van der Waals surface area contributed by atoms with Crippen LogP contribution in [-0.2, 0) is 9.84 Å². The minimum atomic E-state index is -3.31. The van der Waals surface area contributed by atoms with Gasteiger partial charge in [-0.15, -0.1) is 0 Å². The molecule has 0 bridgehead atoms. The van der Waals surface area contributed by atoms with Gasteiger partial charge in [-0.1, -0.05) is 12.1 Å². The molecule has 0 radical (unpaired) electrons. The SMILES string of the molecule is O=S(=O)(CCO)CCNc1nc(-c2ncncn2)nc2ccccc12. The number of benzene rings is 1. The molecule has 2 aromatic heterocycles. The lowest BCUT2D eigenvalue weighted by Crippen LogP contribution is -2.20. The second kappa shape index (κ2) is 7.45. The number of fused-ring (bicyclic) bond motifs is 1. The maximum Gasteiger partial charge on any atom is 0.200 e. The van der Waals surface area contributed by atoms with Crippen LogP contribution in [0.15, 0.2) is 36.9 Å². The lowest BCUT2D eigenvalue weighted by atomic mass is 10.2. The first kappa shape index (κ1) is 17.1. The Morgan fingerprint density at radius 2 is 1.76 bits per heavy atom. The molecule has 25 heavy (non-hydrogen) atoms. The smallest absolute Gasteiger partial charge is 0.200 e. The van der Waals surface area contributed by atoms with E-state index < -0.39 is 9.84 Å². The summed E-state index contributed by atoms with van der Waals surface area (Å²) in [7, 11) is -3.31. The van der Waals surface area contributed by atoms with Gasteiger partial charge in [0.25, 0.3) is 0 Å². The molecule has 130 valence electrons. The van der Waals surface area contributed by atoms with Gasteiger partial charge in [-0.2, -0.15) is 0 Å². The van der Waals surface area contributed by atoms with E-state index in [1.165, 1.54) is 12.7 Å². The van der Waals surface area contributed by atoms with Crippen molar-refractivity contribution in [3.63, 3.8) is 0 Å². The van der Waals surface area contributed by atoms with Gasteiger partial charge in [0.15, 0.2) is 15.7 Å². The molecule has 10 heteroatoms. The number of aromatic nitrogens is 5.